The molecule has 3 rings (SSSR count). The Morgan fingerprint density at radius 2 is 1.15 bits per heavy atom. The van der Waals surface area contributed by atoms with E-state index in [0.717, 1.165) is 19.6 Å². The molecule has 0 saturated heterocycles. The van der Waals surface area contributed by atoms with E-state index in [0.29, 0.717) is 0 Å². The molecule has 144 valence electrons. The van der Waals surface area contributed by atoms with Crippen molar-refractivity contribution in [1.29, 1.82) is 0 Å². The van der Waals surface area contributed by atoms with E-state index in [9.17, 15) is 0 Å². The van der Waals surface area contributed by atoms with Crippen LogP contribution in [-0.2, 0) is 6.54 Å². The second-order valence-electron chi connectivity index (χ2n) is 5.26. The van der Waals surface area contributed by atoms with Crippen LogP contribution in [0.1, 0.15) is 61.0 Å². The van der Waals surface area contributed by atoms with Crippen LogP contribution in [0.4, 0.5) is 0 Å². The van der Waals surface area contributed by atoms with Crippen molar-refractivity contribution in [2.75, 3.05) is 13.1 Å². The molecule has 0 radical (unpaired) electrons. The van der Waals surface area contributed by atoms with E-state index < -0.39 is 0 Å². The third-order valence-electron chi connectivity index (χ3n) is 4.14. The first-order valence-electron chi connectivity index (χ1n) is 10.4. The van der Waals surface area contributed by atoms with Gasteiger partial charge in [0.25, 0.3) is 0 Å². The number of fused-ring (bicyclic) bond motifs is 3. The summed E-state index contributed by atoms with van der Waals surface area (Å²) in [6, 6.07) is 19.8. The zero-order valence-corrected chi connectivity index (χ0v) is 18.3. The van der Waals surface area contributed by atoms with Crippen molar-refractivity contribution < 1.29 is 0 Å². The molecule has 0 unspecified atom stereocenters. The number of hydrogen-bond donors (Lipinski definition) is 0. The minimum Gasteiger partial charge on any atom is -0.300 e. The Morgan fingerprint density at radius 3 is 1.77 bits per heavy atom. The minimum atomic E-state index is 1.03. The molecule has 0 amide bonds. The summed E-state index contributed by atoms with van der Waals surface area (Å²) in [6.07, 6.45) is 0. The Bertz CT molecular complexity index is 726. The molecule has 0 fully saturated rings. The van der Waals surface area contributed by atoms with Gasteiger partial charge in [-0.1, -0.05) is 110 Å². The Hall–Kier alpha value is -1.86. The summed E-state index contributed by atoms with van der Waals surface area (Å²) in [5.41, 5.74) is 1.43. The predicted octanol–water partition coefficient (Wildman–Crippen LogP) is 7.91. The SMILES string of the molecule is CC.CC.CC.CCN(CC)Cc1cccc2ccc3ccccc3c12. The van der Waals surface area contributed by atoms with Gasteiger partial charge in [0, 0.05) is 6.54 Å². The third-order valence-corrected chi connectivity index (χ3v) is 4.14. The summed E-state index contributed by atoms with van der Waals surface area (Å²) in [4.78, 5) is 2.47. The van der Waals surface area contributed by atoms with E-state index >= 15 is 0 Å². The molecular weight excluding hydrogens is 314 g/mol. The second-order valence-corrected chi connectivity index (χ2v) is 5.26. The molecular formula is C25H39N. The molecule has 0 spiro atoms. The van der Waals surface area contributed by atoms with E-state index in [2.05, 4.69) is 73.3 Å². The molecule has 0 heterocycles. The monoisotopic (exact) mass is 353 g/mol. The van der Waals surface area contributed by atoms with Crippen LogP contribution in [0, 0.1) is 0 Å². The molecule has 3 aromatic rings. The van der Waals surface area contributed by atoms with E-state index in [4.69, 9.17) is 0 Å². The van der Waals surface area contributed by atoms with E-state index in [1.807, 2.05) is 41.5 Å². The minimum absolute atomic E-state index is 1.03. The smallest absolute Gasteiger partial charge is 0.0239 e. The second kappa shape index (κ2) is 14.3. The fraction of sp³-hybridized carbons (Fsp3) is 0.440. The van der Waals surface area contributed by atoms with Crippen molar-refractivity contribution in [3.63, 3.8) is 0 Å². The molecule has 0 saturated carbocycles. The van der Waals surface area contributed by atoms with Crippen LogP contribution in [0.15, 0.2) is 54.6 Å². The lowest BCUT2D eigenvalue weighted by Crippen LogP contribution is -2.22. The van der Waals surface area contributed by atoms with Gasteiger partial charge in [-0.05, 0) is 40.2 Å². The molecule has 0 aliphatic heterocycles. The molecule has 0 atom stereocenters. The average Bonchev–Trinajstić information content (AvgIpc) is 2.76. The lowest BCUT2D eigenvalue weighted by Gasteiger charge is -2.20. The van der Waals surface area contributed by atoms with Crippen LogP contribution in [0.3, 0.4) is 0 Å². The lowest BCUT2D eigenvalue weighted by molar-refractivity contribution is 0.297. The quantitative estimate of drug-likeness (QED) is 0.431. The van der Waals surface area contributed by atoms with Crippen molar-refractivity contribution in [1.82, 2.24) is 4.90 Å². The highest BCUT2D eigenvalue weighted by Gasteiger charge is 2.08. The third kappa shape index (κ3) is 6.14. The van der Waals surface area contributed by atoms with Gasteiger partial charge in [0.15, 0.2) is 0 Å². The van der Waals surface area contributed by atoms with Gasteiger partial charge in [-0.15, -0.1) is 0 Å². The topological polar surface area (TPSA) is 3.24 Å². The number of benzene rings is 3. The molecule has 0 N–H and O–H groups in total. The van der Waals surface area contributed by atoms with Gasteiger partial charge in [0.05, 0.1) is 0 Å². The zero-order chi connectivity index (χ0) is 19.9. The van der Waals surface area contributed by atoms with Gasteiger partial charge >= 0.3 is 0 Å². The van der Waals surface area contributed by atoms with Crippen molar-refractivity contribution in [2.45, 2.75) is 61.9 Å². The summed E-state index contributed by atoms with van der Waals surface area (Å²) >= 11 is 0. The number of nitrogens with zero attached hydrogens (tertiary/aromatic N) is 1. The van der Waals surface area contributed by atoms with Crippen molar-refractivity contribution >= 4 is 21.5 Å². The standard InChI is InChI=1S/C19H21N.3C2H6/c1-3-20(4-2)14-17-10-7-9-16-13-12-15-8-5-6-11-18(15)19(16)17;3*1-2/h5-13H,3-4,14H2,1-2H3;3*1-2H3. The van der Waals surface area contributed by atoms with Gasteiger partial charge < -0.3 is 0 Å². The first-order valence-corrected chi connectivity index (χ1v) is 10.4. The Kier molecular flexibility index (Phi) is 13.3. The predicted molar refractivity (Wildman–Crippen MR) is 122 cm³/mol. The van der Waals surface area contributed by atoms with Crippen LogP contribution in [-0.4, -0.2) is 18.0 Å². The maximum atomic E-state index is 2.47. The summed E-state index contributed by atoms with van der Waals surface area (Å²) < 4.78 is 0. The summed E-state index contributed by atoms with van der Waals surface area (Å²) in [7, 11) is 0. The Morgan fingerprint density at radius 1 is 0.615 bits per heavy atom. The summed E-state index contributed by atoms with van der Waals surface area (Å²) in [5, 5.41) is 5.45. The van der Waals surface area contributed by atoms with Crippen LogP contribution >= 0.6 is 0 Å². The van der Waals surface area contributed by atoms with Gasteiger partial charge in [0.2, 0.25) is 0 Å². The highest BCUT2D eigenvalue weighted by Crippen LogP contribution is 2.29. The van der Waals surface area contributed by atoms with Gasteiger partial charge in [0.1, 0.15) is 0 Å². The first kappa shape index (κ1) is 24.1. The number of hydrogen-bond acceptors (Lipinski definition) is 1. The largest absolute Gasteiger partial charge is 0.300 e. The molecule has 1 nitrogen and oxygen atoms in total. The zero-order valence-electron chi connectivity index (χ0n) is 18.3. The van der Waals surface area contributed by atoms with Gasteiger partial charge in [-0.25, -0.2) is 0 Å². The Labute approximate surface area is 162 Å². The van der Waals surface area contributed by atoms with Gasteiger partial charge in [-0.2, -0.15) is 0 Å². The van der Waals surface area contributed by atoms with E-state index in [-0.39, 0.29) is 0 Å². The molecule has 0 aromatic heterocycles. The maximum Gasteiger partial charge on any atom is 0.0239 e. The molecule has 0 bridgehead atoms. The van der Waals surface area contributed by atoms with E-state index in [1.54, 1.807) is 0 Å². The van der Waals surface area contributed by atoms with Crippen molar-refractivity contribution in [3.8, 4) is 0 Å². The highest BCUT2D eigenvalue weighted by atomic mass is 15.1. The first-order chi connectivity index (χ1) is 12.8. The van der Waals surface area contributed by atoms with E-state index in [1.165, 1.54) is 27.1 Å². The summed E-state index contributed by atoms with van der Waals surface area (Å²) in [5.74, 6) is 0. The summed E-state index contributed by atoms with van der Waals surface area (Å²) in [6.45, 7) is 19.7. The van der Waals surface area contributed by atoms with Crippen LogP contribution in [0.25, 0.3) is 21.5 Å². The fourth-order valence-electron chi connectivity index (χ4n) is 2.96. The molecule has 1 heteroatoms. The van der Waals surface area contributed by atoms with Gasteiger partial charge in [-0.3, -0.25) is 4.90 Å². The van der Waals surface area contributed by atoms with Crippen LogP contribution in [0.2, 0.25) is 0 Å². The highest BCUT2D eigenvalue weighted by molar-refractivity contribution is 6.09. The average molecular weight is 354 g/mol. The molecule has 0 aliphatic rings. The number of rotatable bonds is 4. The molecule has 3 aromatic carbocycles. The molecule has 26 heavy (non-hydrogen) atoms. The maximum absolute atomic E-state index is 2.47. The Balaban J connectivity index is 0.000000948. The van der Waals surface area contributed by atoms with Crippen molar-refractivity contribution in [2.24, 2.45) is 0 Å². The molecule has 0 aliphatic carbocycles. The van der Waals surface area contributed by atoms with Crippen molar-refractivity contribution in [3.05, 3.63) is 60.2 Å². The normalized spacial score (nSPS) is 9.58. The lowest BCUT2D eigenvalue weighted by atomic mass is 9.97. The fourth-order valence-corrected chi connectivity index (χ4v) is 2.96. The van der Waals surface area contributed by atoms with Crippen LogP contribution < -0.4 is 0 Å². The van der Waals surface area contributed by atoms with Crippen LogP contribution in [0.5, 0.6) is 0 Å².